The highest BCUT2D eigenvalue weighted by Crippen LogP contribution is 2.35. The highest BCUT2D eigenvalue weighted by Gasteiger charge is 2.36. The lowest BCUT2D eigenvalue weighted by Crippen LogP contribution is -2.49. The number of nitrogens with zero attached hydrogens (tertiary/aromatic N) is 1. The van der Waals surface area contributed by atoms with E-state index in [-0.39, 0.29) is 12.3 Å². The molecule has 2 aromatic rings. The molecule has 2 aromatic carbocycles. The number of aryl methyl sites for hydroxylation is 1. The Morgan fingerprint density at radius 2 is 2.04 bits per heavy atom. The molecule has 1 heterocycles. The molecule has 0 spiro atoms. The molecule has 0 aliphatic carbocycles. The van der Waals surface area contributed by atoms with E-state index < -0.39 is 22.0 Å². The number of fused-ring (bicyclic) bond motifs is 1. The van der Waals surface area contributed by atoms with Gasteiger partial charge in [-0.05, 0) is 43.7 Å². The van der Waals surface area contributed by atoms with Gasteiger partial charge in [0.25, 0.3) is 5.91 Å². The van der Waals surface area contributed by atoms with Crippen LogP contribution in [0.2, 0.25) is 5.02 Å². The molecule has 0 fully saturated rings. The van der Waals surface area contributed by atoms with Gasteiger partial charge in [0, 0.05) is 10.7 Å². The number of hydrogen-bond acceptors (Lipinski definition) is 4. The SMILES string of the molecule is CCS(=O)(=O)N1CC(C(=O)Nc2cc(Cl)ccc2C)Oc2ccccc21. The van der Waals surface area contributed by atoms with Gasteiger partial charge in [0.2, 0.25) is 10.0 Å². The predicted octanol–water partition coefficient (Wildman–Crippen LogP) is 3.20. The average Bonchev–Trinajstić information content (AvgIpc) is 2.63. The summed E-state index contributed by atoms with van der Waals surface area (Å²) in [6.07, 6.45) is -0.968. The molecular formula is C18H19ClN2O4S. The van der Waals surface area contributed by atoms with Crippen LogP contribution in [0.25, 0.3) is 0 Å². The number of sulfonamides is 1. The first-order valence-corrected chi connectivity index (χ1v) is 10.1. The Bertz CT molecular complexity index is 946. The van der Waals surface area contributed by atoms with Gasteiger partial charge >= 0.3 is 0 Å². The minimum absolute atomic E-state index is 0.0664. The molecule has 6 nitrogen and oxygen atoms in total. The first kappa shape index (κ1) is 18.5. The van der Waals surface area contributed by atoms with Crippen molar-refractivity contribution in [1.29, 1.82) is 0 Å². The van der Waals surface area contributed by atoms with Crippen LogP contribution in [0, 0.1) is 6.92 Å². The van der Waals surface area contributed by atoms with E-state index in [1.807, 2.05) is 6.92 Å². The fourth-order valence-corrected chi connectivity index (χ4v) is 4.00. The second-order valence-corrected chi connectivity index (χ2v) is 8.57. The van der Waals surface area contributed by atoms with Crippen molar-refractivity contribution in [3.63, 3.8) is 0 Å². The molecule has 0 bridgehead atoms. The van der Waals surface area contributed by atoms with Crippen molar-refractivity contribution in [2.45, 2.75) is 20.0 Å². The summed E-state index contributed by atoms with van der Waals surface area (Å²) >= 11 is 5.98. The van der Waals surface area contributed by atoms with E-state index in [2.05, 4.69) is 5.32 Å². The molecule has 0 saturated heterocycles. The molecule has 26 heavy (non-hydrogen) atoms. The number of amides is 1. The minimum atomic E-state index is -3.54. The fourth-order valence-electron chi connectivity index (χ4n) is 2.70. The van der Waals surface area contributed by atoms with Gasteiger partial charge in [-0.15, -0.1) is 0 Å². The van der Waals surface area contributed by atoms with E-state index in [0.29, 0.717) is 22.1 Å². The summed E-state index contributed by atoms with van der Waals surface area (Å²) in [6, 6.07) is 12.0. The first-order valence-electron chi connectivity index (χ1n) is 8.15. The number of carbonyl (C=O) groups excluding carboxylic acids is 1. The molecule has 1 N–H and O–H groups in total. The highest BCUT2D eigenvalue weighted by molar-refractivity contribution is 7.92. The van der Waals surface area contributed by atoms with Crippen LogP contribution in [0.3, 0.4) is 0 Å². The Hall–Kier alpha value is -2.25. The number of nitrogens with one attached hydrogen (secondary N) is 1. The van der Waals surface area contributed by atoms with E-state index in [1.165, 1.54) is 4.31 Å². The van der Waals surface area contributed by atoms with Gasteiger partial charge in [-0.3, -0.25) is 9.10 Å². The second-order valence-electron chi connectivity index (χ2n) is 5.95. The van der Waals surface area contributed by atoms with Crippen LogP contribution < -0.4 is 14.4 Å². The maximum absolute atomic E-state index is 12.7. The minimum Gasteiger partial charge on any atom is -0.476 e. The number of rotatable bonds is 4. The maximum atomic E-state index is 12.7. The van der Waals surface area contributed by atoms with E-state index >= 15 is 0 Å². The quantitative estimate of drug-likeness (QED) is 0.863. The van der Waals surface area contributed by atoms with Crippen LogP contribution in [0.1, 0.15) is 12.5 Å². The summed E-state index contributed by atoms with van der Waals surface area (Å²) in [5.74, 6) is -0.136. The van der Waals surface area contributed by atoms with Crippen molar-refractivity contribution in [3.8, 4) is 5.75 Å². The maximum Gasteiger partial charge on any atom is 0.267 e. The molecule has 138 valence electrons. The molecule has 0 saturated carbocycles. The predicted molar refractivity (Wildman–Crippen MR) is 102 cm³/mol. The lowest BCUT2D eigenvalue weighted by atomic mass is 10.1. The molecule has 0 aromatic heterocycles. The molecule has 1 atom stereocenters. The van der Waals surface area contributed by atoms with Crippen LogP contribution >= 0.6 is 11.6 Å². The van der Waals surface area contributed by atoms with Gasteiger partial charge < -0.3 is 10.1 Å². The number of hydrogen-bond donors (Lipinski definition) is 1. The molecule has 1 amide bonds. The summed E-state index contributed by atoms with van der Waals surface area (Å²) in [4.78, 5) is 12.7. The molecule has 8 heteroatoms. The Kier molecular flexibility index (Phi) is 5.11. The van der Waals surface area contributed by atoms with Crippen molar-refractivity contribution in [2.24, 2.45) is 0 Å². The Labute approximate surface area is 157 Å². The third-order valence-electron chi connectivity index (χ3n) is 4.19. The van der Waals surface area contributed by atoms with Gasteiger partial charge in [0.05, 0.1) is 18.0 Å². The largest absolute Gasteiger partial charge is 0.476 e. The zero-order chi connectivity index (χ0) is 18.9. The lowest BCUT2D eigenvalue weighted by molar-refractivity contribution is -0.122. The number of benzene rings is 2. The topological polar surface area (TPSA) is 75.7 Å². The van der Waals surface area contributed by atoms with E-state index in [9.17, 15) is 13.2 Å². The first-order chi connectivity index (χ1) is 12.3. The van der Waals surface area contributed by atoms with Crippen molar-refractivity contribution >= 4 is 38.9 Å². The summed E-state index contributed by atoms with van der Waals surface area (Å²) in [5.41, 5.74) is 1.85. The third-order valence-corrected chi connectivity index (χ3v) is 6.17. The summed E-state index contributed by atoms with van der Waals surface area (Å²) in [6.45, 7) is 3.33. The summed E-state index contributed by atoms with van der Waals surface area (Å²) < 4.78 is 31.9. The van der Waals surface area contributed by atoms with Crippen molar-refractivity contribution in [1.82, 2.24) is 0 Å². The molecular weight excluding hydrogens is 376 g/mol. The van der Waals surface area contributed by atoms with Crippen LogP contribution in [0.4, 0.5) is 11.4 Å². The smallest absolute Gasteiger partial charge is 0.267 e. The fraction of sp³-hybridized carbons (Fsp3) is 0.278. The molecule has 0 radical (unpaired) electrons. The number of carbonyl (C=O) groups is 1. The van der Waals surface area contributed by atoms with Gasteiger partial charge in [-0.25, -0.2) is 8.42 Å². The van der Waals surface area contributed by atoms with Gasteiger partial charge in [0.1, 0.15) is 5.75 Å². The standard InChI is InChI=1S/C18H19ClN2O4S/c1-3-26(23,24)21-11-17(25-16-7-5-4-6-15(16)21)18(22)20-14-10-13(19)9-8-12(14)2/h4-10,17H,3,11H2,1-2H3,(H,20,22). The third kappa shape index (κ3) is 3.64. The number of anilines is 2. The van der Waals surface area contributed by atoms with Crippen molar-refractivity contribution < 1.29 is 17.9 Å². The normalized spacial score (nSPS) is 16.6. The van der Waals surface area contributed by atoms with Crippen LogP contribution in [-0.2, 0) is 14.8 Å². The van der Waals surface area contributed by atoms with Crippen molar-refractivity contribution in [3.05, 3.63) is 53.1 Å². The average molecular weight is 395 g/mol. The molecule has 1 aliphatic rings. The van der Waals surface area contributed by atoms with Gasteiger partial charge in [0.15, 0.2) is 6.10 Å². The zero-order valence-electron chi connectivity index (χ0n) is 14.4. The molecule has 1 unspecified atom stereocenters. The second kappa shape index (κ2) is 7.17. The highest BCUT2D eigenvalue weighted by atomic mass is 35.5. The Balaban J connectivity index is 1.90. The van der Waals surface area contributed by atoms with Gasteiger partial charge in [-0.2, -0.15) is 0 Å². The Morgan fingerprint density at radius 3 is 2.77 bits per heavy atom. The molecule has 1 aliphatic heterocycles. The summed E-state index contributed by atoms with van der Waals surface area (Å²) in [5, 5.41) is 3.27. The number of halogens is 1. The van der Waals surface area contributed by atoms with Crippen LogP contribution in [0.5, 0.6) is 5.75 Å². The lowest BCUT2D eigenvalue weighted by Gasteiger charge is -2.34. The van der Waals surface area contributed by atoms with Crippen LogP contribution in [-0.4, -0.2) is 32.7 Å². The van der Waals surface area contributed by atoms with E-state index in [1.54, 1.807) is 49.4 Å². The molecule has 3 rings (SSSR count). The zero-order valence-corrected chi connectivity index (χ0v) is 16.0. The van der Waals surface area contributed by atoms with E-state index in [0.717, 1.165) is 5.56 Å². The Morgan fingerprint density at radius 1 is 1.31 bits per heavy atom. The monoisotopic (exact) mass is 394 g/mol. The number of ether oxygens (including phenoxy) is 1. The van der Waals surface area contributed by atoms with Crippen LogP contribution in [0.15, 0.2) is 42.5 Å². The number of para-hydroxylation sites is 2. The summed E-state index contributed by atoms with van der Waals surface area (Å²) in [7, 11) is -3.54. The van der Waals surface area contributed by atoms with E-state index in [4.69, 9.17) is 16.3 Å². The van der Waals surface area contributed by atoms with Crippen molar-refractivity contribution in [2.75, 3.05) is 21.9 Å². The van der Waals surface area contributed by atoms with Gasteiger partial charge in [-0.1, -0.05) is 29.8 Å².